The van der Waals surface area contributed by atoms with Crippen LogP contribution < -0.4 is 10.6 Å². The topological polar surface area (TPSA) is 41.1 Å². The number of carbonyl (C=O) groups excluding carboxylic acids is 1. The number of benzene rings is 2. The van der Waals surface area contributed by atoms with Crippen molar-refractivity contribution in [1.82, 2.24) is 0 Å². The number of amides is 1. The van der Waals surface area contributed by atoms with E-state index in [1.807, 2.05) is 18.2 Å². The maximum absolute atomic E-state index is 13.6. The van der Waals surface area contributed by atoms with Crippen molar-refractivity contribution >= 4 is 17.3 Å². The van der Waals surface area contributed by atoms with E-state index in [0.717, 1.165) is 12.1 Å². The number of halogens is 1. The largest absolute Gasteiger partial charge is 0.378 e. The summed E-state index contributed by atoms with van der Waals surface area (Å²) in [7, 11) is 0. The summed E-state index contributed by atoms with van der Waals surface area (Å²) in [5.74, 6) is -0.732. The van der Waals surface area contributed by atoms with Crippen LogP contribution >= 0.6 is 0 Å². The molecule has 0 aliphatic rings. The molecule has 1 atom stereocenters. The summed E-state index contributed by atoms with van der Waals surface area (Å²) in [6.07, 6.45) is 0.900. The molecule has 4 heteroatoms. The molecule has 0 heterocycles. The van der Waals surface area contributed by atoms with E-state index < -0.39 is 5.82 Å². The number of hydrogen-bond donors (Lipinski definition) is 2. The minimum Gasteiger partial charge on any atom is -0.378 e. The molecule has 0 aromatic heterocycles. The Hall–Kier alpha value is -2.36. The molecule has 0 fully saturated rings. The van der Waals surface area contributed by atoms with Gasteiger partial charge in [-0.3, -0.25) is 4.79 Å². The van der Waals surface area contributed by atoms with Crippen LogP contribution in [-0.4, -0.2) is 5.91 Å². The second-order valence-corrected chi connectivity index (χ2v) is 4.89. The van der Waals surface area contributed by atoms with Gasteiger partial charge >= 0.3 is 0 Å². The SMILES string of the molecule is CCC(Nc1ccc(F)c(NC(C)=O)c1)c1ccccc1. The lowest BCUT2D eigenvalue weighted by molar-refractivity contribution is -0.114. The third-order valence-electron chi connectivity index (χ3n) is 3.23. The van der Waals surface area contributed by atoms with Gasteiger partial charge in [-0.2, -0.15) is 0 Å². The van der Waals surface area contributed by atoms with Crippen LogP contribution in [0.25, 0.3) is 0 Å². The normalized spacial score (nSPS) is 11.8. The van der Waals surface area contributed by atoms with Gasteiger partial charge in [-0.15, -0.1) is 0 Å². The summed E-state index contributed by atoms with van der Waals surface area (Å²) in [6, 6.07) is 14.9. The highest BCUT2D eigenvalue weighted by Gasteiger charge is 2.10. The molecule has 1 unspecified atom stereocenters. The van der Waals surface area contributed by atoms with Crippen LogP contribution in [0.2, 0.25) is 0 Å². The summed E-state index contributed by atoms with van der Waals surface area (Å²) in [5.41, 5.74) is 2.14. The van der Waals surface area contributed by atoms with Crippen molar-refractivity contribution in [3.8, 4) is 0 Å². The van der Waals surface area contributed by atoms with Crippen molar-refractivity contribution in [2.45, 2.75) is 26.3 Å². The van der Waals surface area contributed by atoms with E-state index in [2.05, 4.69) is 29.7 Å². The zero-order valence-corrected chi connectivity index (χ0v) is 12.2. The molecule has 0 spiro atoms. The van der Waals surface area contributed by atoms with Gasteiger partial charge in [0.05, 0.1) is 11.7 Å². The Bertz CT molecular complexity index is 613. The first-order valence-corrected chi connectivity index (χ1v) is 6.98. The molecule has 0 aliphatic carbocycles. The summed E-state index contributed by atoms with van der Waals surface area (Å²) in [5, 5.41) is 5.86. The first-order chi connectivity index (χ1) is 10.1. The van der Waals surface area contributed by atoms with Gasteiger partial charge in [0.2, 0.25) is 5.91 Å². The third-order valence-corrected chi connectivity index (χ3v) is 3.23. The molecule has 3 nitrogen and oxygen atoms in total. The number of anilines is 2. The number of nitrogens with one attached hydrogen (secondary N) is 2. The zero-order valence-electron chi connectivity index (χ0n) is 12.2. The fourth-order valence-electron chi connectivity index (χ4n) is 2.21. The lowest BCUT2D eigenvalue weighted by Crippen LogP contribution is -2.11. The lowest BCUT2D eigenvalue weighted by Gasteiger charge is -2.19. The van der Waals surface area contributed by atoms with Crippen molar-refractivity contribution in [2.75, 3.05) is 10.6 Å². The van der Waals surface area contributed by atoms with Crippen molar-refractivity contribution in [3.05, 3.63) is 59.9 Å². The number of carbonyl (C=O) groups is 1. The van der Waals surface area contributed by atoms with Crippen molar-refractivity contribution < 1.29 is 9.18 Å². The fourth-order valence-corrected chi connectivity index (χ4v) is 2.21. The Balaban J connectivity index is 2.20. The van der Waals surface area contributed by atoms with E-state index in [0.29, 0.717) is 0 Å². The lowest BCUT2D eigenvalue weighted by atomic mass is 10.0. The van der Waals surface area contributed by atoms with Gasteiger partial charge in [-0.05, 0) is 30.2 Å². The van der Waals surface area contributed by atoms with Gasteiger partial charge in [0, 0.05) is 12.6 Å². The van der Waals surface area contributed by atoms with Crippen molar-refractivity contribution in [1.29, 1.82) is 0 Å². The molecule has 110 valence electrons. The first kappa shape index (κ1) is 15.0. The van der Waals surface area contributed by atoms with Gasteiger partial charge in [0.15, 0.2) is 0 Å². The maximum atomic E-state index is 13.6. The van der Waals surface area contributed by atoms with Gasteiger partial charge < -0.3 is 10.6 Å². The molecule has 0 saturated carbocycles. The van der Waals surface area contributed by atoms with Crippen LogP contribution in [0.3, 0.4) is 0 Å². The number of hydrogen-bond acceptors (Lipinski definition) is 2. The fraction of sp³-hybridized carbons (Fsp3) is 0.235. The van der Waals surface area contributed by atoms with Crippen LogP contribution in [0.5, 0.6) is 0 Å². The predicted molar refractivity (Wildman–Crippen MR) is 83.8 cm³/mol. The molecule has 2 aromatic carbocycles. The van der Waals surface area contributed by atoms with Crippen LogP contribution in [0.15, 0.2) is 48.5 Å². The summed E-state index contributed by atoms with van der Waals surface area (Å²) in [6.45, 7) is 3.45. The second-order valence-electron chi connectivity index (χ2n) is 4.89. The van der Waals surface area contributed by atoms with Crippen molar-refractivity contribution in [3.63, 3.8) is 0 Å². The molecular formula is C17H19FN2O. The Labute approximate surface area is 124 Å². The predicted octanol–water partition coefficient (Wildman–Crippen LogP) is 4.35. The first-order valence-electron chi connectivity index (χ1n) is 6.98. The smallest absolute Gasteiger partial charge is 0.221 e. The van der Waals surface area contributed by atoms with Crippen LogP contribution in [0.1, 0.15) is 31.9 Å². The molecule has 0 bridgehead atoms. The molecule has 21 heavy (non-hydrogen) atoms. The van der Waals surface area contributed by atoms with Crippen LogP contribution in [0.4, 0.5) is 15.8 Å². The molecule has 2 aromatic rings. The summed E-state index contributed by atoms with van der Waals surface area (Å²) in [4.78, 5) is 11.1. The molecule has 2 rings (SSSR count). The maximum Gasteiger partial charge on any atom is 0.221 e. The van der Waals surface area contributed by atoms with E-state index in [9.17, 15) is 9.18 Å². The second kappa shape index (κ2) is 6.88. The molecule has 0 radical (unpaired) electrons. The average Bonchev–Trinajstić information content (AvgIpc) is 2.48. The summed E-state index contributed by atoms with van der Waals surface area (Å²) >= 11 is 0. The van der Waals surface area contributed by atoms with Gasteiger partial charge in [0.1, 0.15) is 5.82 Å². The Morgan fingerprint density at radius 2 is 1.90 bits per heavy atom. The molecule has 0 saturated heterocycles. The Morgan fingerprint density at radius 3 is 2.52 bits per heavy atom. The van der Waals surface area contributed by atoms with E-state index in [1.54, 1.807) is 12.1 Å². The average molecular weight is 286 g/mol. The van der Waals surface area contributed by atoms with Gasteiger partial charge in [-0.25, -0.2) is 4.39 Å². The van der Waals surface area contributed by atoms with Crippen molar-refractivity contribution in [2.24, 2.45) is 0 Å². The van der Waals surface area contributed by atoms with Gasteiger partial charge in [-0.1, -0.05) is 37.3 Å². The monoisotopic (exact) mass is 286 g/mol. The quantitative estimate of drug-likeness (QED) is 0.858. The summed E-state index contributed by atoms with van der Waals surface area (Å²) < 4.78 is 13.6. The molecule has 2 N–H and O–H groups in total. The van der Waals surface area contributed by atoms with E-state index in [1.165, 1.54) is 18.6 Å². The van der Waals surface area contributed by atoms with E-state index >= 15 is 0 Å². The minimum atomic E-state index is -0.441. The highest BCUT2D eigenvalue weighted by Crippen LogP contribution is 2.25. The Kier molecular flexibility index (Phi) is 4.93. The standard InChI is InChI=1S/C17H19FN2O/c1-3-16(13-7-5-4-6-8-13)20-14-9-10-15(18)17(11-14)19-12(2)21/h4-11,16,20H,3H2,1-2H3,(H,19,21). The van der Waals surface area contributed by atoms with Crippen LogP contribution in [0, 0.1) is 5.82 Å². The Morgan fingerprint density at radius 1 is 1.19 bits per heavy atom. The number of rotatable bonds is 5. The highest BCUT2D eigenvalue weighted by atomic mass is 19.1. The van der Waals surface area contributed by atoms with Gasteiger partial charge in [0.25, 0.3) is 0 Å². The molecular weight excluding hydrogens is 267 g/mol. The highest BCUT2D eigenvalue weighted by molar-refractivity contribution is 5.89. The minimum absolute atomic E-state index is 0.141. The van der Waals surface area contributed by atoms with Crippen LogP contribution in [-0.2, 0) is 4.79 Å². The zero-order chi connectivity index (χ0) is 15.2. The molecule has 1 amide bonds. The van der Waals surface area contributed by atoms with E-state index in [4.69, 9.17) is 0 Å². The molecule has 0 aliphatic heterocycles. The van der Waals surface area contributed by atoms with E-state index in [-0.39, 0.29) is 17.6 Å². The third kappa shape index (κ3) is 4.05.